The van der Waals surface area contributed by atoms with Crippen LogP contribution >= 0.6 is 11.8 Å². The second-order valence-electron chi connectivity index (χ2n) is 6.84. The summed E-state index contributed by atoms with van der Waals surface area (Å²) in [6.45, 7) is 5.65. The zero-order valence-electron chi connectivity index (χ0n) is 15.9. The molecule has 1 unspecified atom stereocenters. The van der Waals surface area contributed by atoms with Gasteiger partial charge in [-0.25, -0.2) is 8.42 Å². The van der Waals surface area contributed by atoms with Crippen molar-refractivity contribution in [3.05, 3.63) is 47.5 Å². The van der Waals surface area contributed by atoms with E-state index in [2.05, 4.69) is 10.6 Å². The standard InChI is InChI=1S/C20H22N2O4S2/c1-12-4-6-16(13(2)10-12)21-19(23)8-9-28(25,26)15-5-7-18-17(11-15)22-20(24)14(3)27-18/h4-7,10-11,14H,8-9H2,1-3H3,(H,21,23)(H,22,24). The normalized spacial score (nSPS) is 16.2. The molecule has 3 rings (SSSR count). The number of amides is 2. The molecule has 8 heteroatoms. The van der Waals surface area contributed by atoms with Gasteiger partial charge in [0.15, 0.2) is 9.84 Å². The molecule has 0 bridgehead atoms. The quantitative estimate of drug-likeness (QED) is 0.775. The number of fused-ring (bicyclic) bond motifs is 1. The first kappa shape index (κ1) is 20.4. The van der Waals surface area contributed by atoms with Crippen LogP contribution in [-0.4, -0.2) is 31.2 Å². The first-order chi connectivity index (χ1) is 13.2. The summed E-state index contributed by atoms with van der Waals surface area (Å²) >= 11 is 1.39. The molecule has 2 N–H and O–H groups in total. The predicted octanol–water partition coefficient (Wildman–Crippen LogP) is 3.54. The number of hydrogen-bond acceptors (Lipinski definition) is 5. The molecule has 0 radical (unpaired) electrons. The van der Waals surface area contributed by atoms with Crippen LogP contribution in [0.1, 0.15) is 24.5 Å². The second-order valence-corrected chi connectivity index (χ2v) is 10.3. The van der Waals surface area contributed by atoms with E-state index in [-0.39, 0.29) is 34.1 Å². The van der Waals surface area contributed by atoms with Gasteiger partial charge < -0.3 is 10.6 Å². The highest BCUT2D eigenvalue weighted by Crippen LogP contribution is 2.36. The van der Waals surface area contributed by atoms with Crippen molar-refractivity contribution in [2.75, 3.05) is 16.4 Å². The van der Waals surface area contributed by atoms with Crippen molar-refractivity contribution in [3.63, 3.8) is 0 Å². The Morgan fingerprint density at radius 3 is 2.64 bits per heavy atom. The Kier molecular flexibility index (Phi) is 5.81. The monoisotopic (exact) mass is 418 g/mol. The number of hydrogen-bond donors (Lipinski definition) is 2. The van der Waals surface area contributed by atoms with E-state index >= 15 is 0 Å². The van der Waals surface area contributed by atoms with E-state index in [1.807, 2.05) is 32.0 Å². The molecule has 1 heterocycles. The van der Waals surface area contributed by atoms with Gasteiger partial charge in [0.1, 0.15) is 0 Å². The molecule has 2 aromatic rings. The maximum absolute atomic E-state index is 12.6. The number of sulfone groups is 1. The zero-order valence-corrected chi connectivity index (χ0v) is 17.5. The summed E-state index contributed by atoms with van der Waals surface area (Å²) < 4.78 is 25.3. The van der Waals surface area contributed by atoms with Crippen LogP contribution in [0.5, 0.6) is 0 Å². The highest BCUT2D eigenvalue weighted by molar-refractivity contribution is 8.01. The molecular formula is C20H22N2O4S2. The first-order valence-electron chi connectivity index (χ1n) is 8.87. The molecule has 6 nitrogen and oxygen atoms in total. The molecule has 1 atom stereocenters. The molecule has 0 spiro atoms. The molecule has 1 aliphatic rings. The van der Waals surface area contributed by atoms with Crippen LogP contribution in [0.15, 0.2) is 46.2 Å². The molecule has 148 valence electrons. The number of thioether (sulfide) groups is 1. The van der Waals surface area contributed by atoms with Gasteiger partial charge >= 0.3 is 0 Å². The SMILES string of the molecule is Cc1ccc(NC(=O)CCS(=O)(=O)c2ccc3c(c2)NC(=O)C(C)S3)c(C)c1. The fourth-order valence-electron chi connectivity index (χ4n) is 2.89. The van der Waals surface area contributed by atoms with E-state index in [9.17, 15) is 18.0 Å². The van der Waals surface area contributed by atoms with E-state index in [1.165, 1.54) is 23.9 Å². The van der Waals surface area contributed by atoms with Gasteiger partial charge in [-0.3, -0.25) is 9.59 Å². The Labute approximate surface area is 169 Å². The Morgan fingerprint density at radius 1 is 1.18 bits per heavy atom. The highest BCUT2D eigenvalue weighted by Gasteiger charge is 2.25. The highest BCUT2D eigenvalue weighted by atomic mass is 32.2. The summed E-state index contributed by atoms with van der Waals surface area (Å²) in [5.74, 6) is -0.814. The lowest BCUT2D eigenvalue weighted by molar-refractivity contribution is -0.116. The molecule has 0 saturated heterocycles. The first-order valence-corrected chi connectivity index (χ1v) is 11.4. The van der Waals surface area contributed by atoms with Gasteiger partial charge in [-0.2, -0.15) is 0 Å². The van der Waals surface area contributed by atoms with Crippen molar-refractivity contribution in [1.29, 1.82) is 0 Å². The molecule has 0 aliphatic carbocycles. The topological polar surface area (TPSA) is 92.3 Å². The summed E-state index contributed by atoms with van der Waals surface area (Å²) in [5.41, 5.74) is 3.18. The fourth-order valence-corrected chi connectivity index (χ4v) is 5.09. The lowest BCUT2D eigenvalue weighted by atomic mass is 10.1. The summed E-state index contributed by atoms with van der Waals surface area (Å²) in [4.78, 5) is 25.0. The van der Waals surface area contributed by atoms with Gasteiger partial charge in [-0.05, 0) is 50.6 Å². The number of carbonyl (C=O) groups is 2. The zero-order chi connectivity index (χ0) is 20.5. The van der Waals surface area contributed by atoms with Crippen LogP contribution in [0.4, 0.5) is 11.4 Å². The van der Waals surface area contributed by atoms with Crippen molar-refractivity contribution in [2.24, 2.45) is 0 Å². The van der Waals surface area contributed by atoms with E-state index in [4.69, 9.17) is 0 Å². The molecule has 1 aliphatic heterocycles. The van der Waals surface area contributed by atoms with Gasteiger partial charge in [0.2, 0.25) is 11.8 Å². The number of nitrogens with one attached hydrogen (secondary N) is 2. The smallest absolute Gasteiger partial charge is 0.237 e. The van der Waals surface area contributed by atoms with Crippen molar-refractivity contribution >= 4 is 44.8 Å². The van der Waals surface area contributed by atoms with Gasteiger partial charge in [0.25, 0.3) is 0 Å². The summed E-state index contributed by atoms with van der Waals surface area (Å²) in [6.07, 6.45) is -0.148. The van der Waals surface area contributed by atoms with E-state index in [0.29, 0.717) is 11.4 Å². The summed E-state index contributed by atoms with van der Waals surface area (Å²) in [5, 5.41) is 5.27. The number of benzene rings is 2. The second kappa shape index (κ2) is 7.97. The van der Waals surface area contributed by atoms with Crippen LogP contribution in [0.25, 0.3) is 0 Å². The number of aryl methyl sites for hydroxylation is 2. The van der Waals surface area contributed by atoms with Gasteiger partial charge in [-0.1, -0.05) is 17.7 Å². The molecule has 2 aromatic carbocycles. The molecule has 0 saturated carbocycles. The third-order valence-corrected chi connectivity index (χ3v) is 7.39. The van der Waals surface area contributed by atoms with Crippen molar-refractivity contribution in [3.8, 4) is 0 Å². The number of carbonyl (C=O) groups excluding carboxylic acids is 2. The van der Waals surface area contributed by atoms with Crippen LogP contribution in [-0.2, 0) is 19.4 Å². The van der Waals surface area contributed by atoms with Crippen LogP contribution in [0.3, 0.4) is 0 Å². The lowest BCUT2D eigenvalue weighted by Crippen LogP contribution is -2.26. The average molecular weight is 419 g/mol. The minimum absolute atomic E-state index is 0.0982. The predicted molar refractivity (Wildman–Crippen MR) is 112 cm³/mol. The maximum atomic E-state index is 12.6. The number of rotatable bonds is 5. The largest absolute Gasteiger partial charge is 0.326 e. The molecular weight excluding hydrogens is 396 g/mol. The van der Waals surface area contributed by atoms with E-state index in [1.54, 1.807) is 13.0 Å². The summed E-state index contributed by atoms with van der Waals surface area (Å²) in [6, 6.07) is 10.3. The van der Waals surface area contributed by atoms with Crippen LogP contribution < -0.4 is 10.6 Å². The van der Waals surface area contributed by atoms with Crippen LogP contribution in [0, 0.1) is 13.8 Å². The molecule has 0 aromatic heterocycles. The minimum atomic E-state index is -3.65. The maximum Gasteiger partial charge on any atom is 0.237 e. The third kappa shape index (κ3) is 4.56. The van der Waals surface area contributed by atoms with Crippen LogP contribution in [0.2, 0.25) is 0 Å². The lowest BCUT2D eigenvalue weighted by Gasteiger charge is -2.21. The molecule has 0 fully saturated rings. The summed E-state index contributed by atoms with van der Waals surface area (Å²) in [7, 11) is -3.65. The average Bonchev–Trinajstić information content (AvgIpc) is 2.63. The van der Waals surface area contributed by atoms with Crippen molar-refractivity contribution in [1.82, 2.24) is 0 Å². The molecule has 28 heavy (non-hydrogen) atoms. The van der Waals surface area contributed by atoms with Gasteiger partial charge in [0.05, 0.1) is 21.6 Å². The number of anilines is 2. The third-order valence-electron chi connectivity index (χ3n) is 4.49. The Bertz CT molecular complexity index is 1050. The van der Waals surface area contributed by atoms with E-state index < -0.39 is 9.84 Å². The molecule has 2 amide bonds. The van der Waals surface area contributed by atoms with Crippen molar-refractivity contribution < 1.29 is 18.0 Å². The minimum Gasteiger partial charge on any atom is -0.326 e. The van der Waals surface area contributed by atoms with Gasteiger partial charge in [0, 0.05) is 17.0 Å². The van der Waals surface area contributed by atoms with Crippen molar-refractivity contribution in [2.45, 2.75) is 42.2 Å². The fraction of sp³-hybridized carbons (Fsp3) is 0.300. The Hall–Kier alpha value is -2.32. The van der Waals surface area contributed by atoms with Gasteiger partial charge in [-0.15, -0.1) is 11.8 Å². The van der Waals surface area contributed by atoms with E-state index in [0.717, 1.165) is 16.0 Å². The Balaban J connectivity index is 1.68. The Morgan fingerprint density at radius 2 is 1.93 bits per heavy atom.